The Kier molecular flexibility index (Phi) is 8.45. The van der Waals surface area contributed by atoms with Crippen molar-refractivity contribution in [2.75, 3.05) is 32.1 Å². The standard InChI is InChI=1S/C29H29Cl2N5O3/c1-39-36-27-20(17-23(28(36)38)26-24(30)7-4-8-25(26)31)18-32-29(34-27)33-21-11-9-19(10-12-21)16-22(37)6-5-15-35-13-2-3-14-35/h4,7-12,17-18H,2-3,5-6,13-16H2,1H3,(H,32,33,34). The first-order valence-electron chi connectivity index (χ1n) is 12.9. The first-order valence-corrected chi connectivity index (χ1v) is 13.7. The van der Waals surface area contributed by atoms with E-state index in [0.29, 0.717) is 45.4 Å². The van der Waals surface area contributed by atoms with Gasteiger partial charge in [-0.1, -0.05) is 41.4 Å². The third kappa shape index (κ3) is 6.24. The molecular formula is C29H29Cl2N5O3. The van der Waals surface area contributed by atoms with Crippen LogP contribution < -0.4 is 15.7 Å². The van der Waals surface area contributed by atoms with Crippen LogP contribution in [-0.4, -0.2) is 52.1 Å². The van der Waals surface area contributed by atoms with E-state index in [-0.39, 0.29) is 11.3 Å². The molecule has 202 valence electrons. The largest absolute Gasteiger partial charge is 0.412 e. The van der Waals surface area contributed by atoms with Gasteiger partial charge in [0.05, 0.1) is 15.6 Å². The number of fused-ring (bicyclic) bond motifs is 1. The number of likely N-dealkylation sites (tertiary alicyclic amines) is 1. The number of pyridine rings is 1. The number of hydrogen-bond acceptors (Lipinski definition) is 7. The minimum absolute atomic E-state index is 0.253. The molecule has 10 heteroatoms. The number of rotatable bonds is 10. The summed E-state index contributed by atoms with van der Waals surface area (Å²) in [5.41, 5.74) is 2.27. The minimum Gasteiger partial charge on any atom is -0.412 e. The highest BCUT2D eigenvalue weighted by Gasteiger charge is 2.18. The van der Waals surface area contributed by atoms with Gasteiger partial charge in [0.15, 0.2) is 5.65 Å². The summed E-state index contributed by atoms with van der Waals surface area (Å²) < 4.78 is 1.09. The van der Waals surface area contributed by atoms with Gasteiger partial charge in [0.2, 0.25) is 5.95 Å². The lowest BCUT2D eigenvalue weighted by molar-refractivity contribution is -0.118. The number of benzene rings is 2. The lowest BCUT2D eigenvalue weighted by Crippen LogP contribution is -2.27. The molecule has 0 saturated carbocycles. The number of nitrogens with zero attached hydrogens (tertiary/aromatic N) is 4. The van der Waals surface area contributed by atoms with E-state index in [9.17, 15) is 9.59 Å². The van der Waals surface area contributed by atoms with Crippen molar-refractivity contribution in [3.8, 4) is 11.1 Å². The van der Waals surface area contributed by atoms with Gasteiger partial charge in [0, 0.05) is 35.7 Å². The van der Waals surface area contributed by atoms with Crippen LogP contribution in [0, 0.1) is 0 Å². The number of hydrogen-bond donors (Lipinski definition) is 1. The van der Waals surface area contributed by atoms with Crippen molar-refractivity contribution in [1.82, 2.24) is 19.6 Å². The van der Waals surface area contributed by atoms with Crippen molar-refractivity contribution in [1.29, 1.82) is 0 Å². The topological polar surface area (TPSA) is 89.3 Å². The molecule has 0 aliphatic carbocycles. The van der Waals surface area contributed by atoms with Gasteiger partial charge >= 0.3 is 0 Å². The molecule has 0 spiro atoms. The summed E-state index contributed by atoms with van der Waals surface area (Å²) in [6.07, 6.45) is 6.08. The number of ketones is 1. The number of aromatic nitrogens is 3. The van der Waals surface area contributed by atoms with Crippen molar-refractivity contribution in [2.45, 2.75) is 32.1 Å². The molecule has 4 aromatic rings. The molecule has 1 fully saturated rings. The zero-order valence-electron chi connectivity index (χ0n) is 21.6. The van der Waals surface area contributed by atoms with Crippen LogP contribution in [-0.2, 0) is 11.2 Å². The highest BCUT2D eigenvalue weighted by Crippen LogP contribution is 2.33. The van der Waals surface area contributed by atoms with Crippen LogP contribution in [0.5, 0.6) is 0 Å². The molecule has 5 rings (SSSR count). The number of Topliss-reactive ketones (excluding diaryl/α,β-unsaturated/α-hetero) is 1. The number of anilines is 2. The quantitative estimate of drug-likeness (QED) is 0.269. The van der Waals surface area contributed by atoms with Gasteiger partial charge in [0.1, 0.15) is 12.9 Å². The zero-order valence-corrected chi connectivity index (χ0v) is 23.1. The lowest BCUT2D eigenvalue weighted by Gasteiger charge is -2.13. The number of halogens is 2. The molecule has 3 heterocycles. The average Bonchev–Trinajstić information content (AvgIpc) is 3.44. The average molecular weight is 566 g/mol. The van der Waals surface area contributed by atoms with E-state index in [2.05, 4.69) is 20.2 Å². The van der Waals surface area contributed by atoms with Gasteiger partial charge in [-0.3, -0.25) is 9.59 Å². The number of carbonyl (C=O) groups is 1. The van der Waals surface area contributed by atoms with Gasteiger partial charge in [-0.15, -0.1) is 4.73 Å². The van der Waals surface area contributed by atoms with Gasteiger partial charge in [-0.25, -0.2) is 4.98 Å². The molecule has 1 aliphatic heterocycles. The highest BCUT2D eigenvalue weighted by atomic mass is 35.5. The molecule has 1 saturated heterocycles. The summed E-state index contributed by atoms with van der Waals surface area (Å²) in [6.45, 7) is 3.32. The summed E-state index contributed by atoms with van der Waals surface area (Å²) >= 11 is 12.7. The molecule has 2 aromatic carbocycles. The molecule has 0 unspecified atom stereocenters. The fourth-order valence-electron chi connectivity index (χ4n) is 4.89. The van der Waals surface area contributed by atoms with Crippen LogP contribution in [0.15, 0.2) is 59.5 Å². The van der Waals surface area contributed by atoms with Crippen molar-refractivity contribution in [2.24, 2.45) is 0 Å². The SMILES string of the molecule is COn1c(=O)c(-c2c(Cl)cccc2Cl)cc2cnc(Nc3ccc(CC(=O)CCCN4CCCC4)cc3)nc21. The highest BCUT2D eigenvalue weighted by molar-refractivity contribution is 6.39. The second-order valence-corrected chi connectivity index (χ2v) is 10.4. The maximum absolute atomic E-state index is 13.3. The Balaban J connectivity index is 1.29. The third-order valence-corrected chi connectivity index (χ3v) is 7.49. The van der Waals surface area contributed by atoms with Crippen LogP contribution in [0.4, 0.5) is 11.6 Å². The molecule has 0 atom stereocenters. The molecule has 0 radical (unpaired) electrons. The van der Waals surface area contributed by atoms with Crippen molar-refractivity contribution >= 4 is 51.7 Å². The zero-order chi connectivity index (χ0) is 27.4. The smallest absolute Gasteiger partial charge is 0.293 e. The Bertz CT molecular complexity index is 1530. The van der Waals surface area contributed by atoms with Crippen LogP contribution in [0.3, 0.4) is 0 Å². The minimum atomic E-state index is -0.445. The summed E-state index contributed by atoms with van der Waals surface area (Å²) in [4.78, 5) is 42.4. The van der Waals surface area contributed by atoms with Crippen LogP contribution in [0.1, 0.15) is 31.2 Å². The third-order valence-electron chi connectivity index (χ3n) is 6.86. The maximum atomic E-state index is 13.3. The first kappa shape index (κ1) is 27.1. The van der Waals surface area contributed by atoms with E-state index in [1.165, 1.54) is 20.0 Å². The first-order chi connectivity index (χ1) is 18.9. The van der Waals surface area contributed by atoms with E-state index in [0.717, 1.165) is 42.0 Å². The Morgan fingerprint density at radius 3 is 2.49 bits per heavy atom. The molecule has 8 nitrogen and oxygen atoms in total. The summed E-state index contributed by atoms with van der Waals surface area (Å²) in [6, 6.07) is 14.3. The monoisotopic (exact) mass is 565 g/mol. The van der Waals surface area contributed by atoms with E-state index in [1.54, 1.807) is 30.5 Å². The molecule has 1 N–H and O–H groups in total. The molecule has 2 aromatic heterocycles. The van der Waals surface area contributed by atoms with Gasteiger partial charge < -0.3 is 15.1 Å². The summed E-state index contributed by atoms with van der Waals surface area (Å²) in [5, 5.41) is 4.44. The normalized spacial score (nSPS) is 13.6. The van der Waals surface area contributed by atoms with Gasteiger partial charge in [-0.05, 0) is 74.8 Å². The van der Waals surface area contributed by atoms with Crippen LogP contribution in [0.25, 0.3) is 22.2 Å². The van der Waals surface area contributed by atoms with Gasteiger partial charge in [-0.2, -0.15) is 4.98 Å². The Morgan fingerprint density at radius 2 is 1.79 bits per heavy atom. The second kappa shape index (κ2) is 12.2. The molecule has 39 heavy (non-hydrogen) atoms. The molecule has 0 amide bonds. The summed E-state index contributed by atoms with van der Waals surface area (Å²) in [7, 11) is 1.39. The van der Waals surface area contributed by atoms with E-state index >= 15 is 0 Å². The van der Waals surface area contributed by atoms with Gasteiger partial charge in [0.25, 0.3) is 5.56 Å². The van der Waals surface area contributed by atoms with Crippen molar-refractivity contribution < 1.29 is 9.63 Å². The van der Waals surface area contributed by atoms with Crippen molar-refractivity contribution in [3.05, 3.63) is 80.7 Å². The Hall–Kier alpha value is -3.46. The number of nitrogens with one attached hydrogen (secondary N) is 1. The number of carbonyl (C=O) groups excluding carboxylic acids is 1. The van der Waals surface area contributed by atoms with Crippen molar-refractivity contribution in [3.63, 3.8) is 0 Å². The summed E-state index contributed by atoms with van der Waals surface area (Å²) in [5.74, 6) is 0.546. The van der Waals surface area contributed by atoms with E-state index in [4.69, 9.17) is 28.0 Å². The van der Waals surface area contributed by atoms with Crippen LogP contribution in [0.2, 0.25) is 10.0 Å². The van der Waals surface area contributed by atoms with Crippen LogP contribution >= 0.6 is 23.2 Å². The molecule has 0 bridgehead atoms. The predicted octanol–water partition coefficient (Wildman–Crippen LogP) is 5.55. The Labute approximate surface area is 236 Å². The van der Waals surface area contributed by atoms with E-state index < -0.39 is 5.56 Å². The maximum Gasteiger partial charge on any atom is 0.293 e. The van der Waals surface area contributed by atoms with E-state index in [1.807, 2.05) is 24.3 Å². The lowest BCUT2D eigenvalue weighted by atomic mass is 10.1. The molecule has 1 aliphatic rings. The molecular weight excluding hydrogens is 537 g/mol. The predicted molar refractivity (Wildman–Crippen MR) is 155 cm³/mol. The Morgan fingerprint density at radius 1 is 1.08 bits per heavy atom. The fourth-order valence-corrected chi connectivity index (χ4v) is 5.49. The fraction of sp³-hybridized carbons (Fsp3) is 0.310. The second-order valence-electron chi connectivity index (χ2n) is 9.60.